The van der Waals surface area contributed by atoms with Crippen LogP contribution in [0.25, 0.3) is 10.9 Å². The molecule has 0 N–H and O–H groups in total. The van der Waals surface area contributed by atoms with Crippen LogP contribution in [0.1, 0.15) is 43.9 Å². The Morgan fingerprint density at radius 1 is 1.00 bits per heavy atom. The molecule has 0 bridgehead atoms. The Hall–Kier alpha value is -3.23. The lowest BCUT2D eigenvalue weighted by atomic mass is 9.91. The predicted octanol–water partition coefficient (Wildman–Crippen LogP) is 4.21. The third kappa shape index (κ3) is 3.44. The normalized spacial score (nSPS) is 11.8. The topological polar surface area (TPSA) is 74.1 Å². The van der Waals surface area contributed by atoms with Crippen LogP contribution in [-0.2, 0) is 11.8 Å². The Labute approximate surface area is 170 Å². The van der Waals surface area contributed by atoms with E-state index in [0.29, 0.717) is 11.1 Å². The first-order valence-electron chi connectivity index (χ1n) is 9.08. The summed E-state index contributed by atoms with van der Waals surface area (Å²) >= 11 is 0. The quantitative estimate of drug-likeness (QED) is 0.470. The summed E-state index contributed by atoms with van der Waals surface area (Å²) in [5.41, 5.74) is 5.00. The number of halogens is 3. The van der Waals surface area contributed by atoms with Gasteiger partial charge in [0.15, 0.2) is 5.78 Å². The summed E-state index contributed by atoms with van der Waals surface area (Å²) in [6.07, 6.45) is -4.11. The van der Waals surface area contributed by atoms with Crippen molar-refractivity contribution in [3.8, 4) is 5.88 Å². The third-order valence-corrected chi connectivity index (χ3v) is 5.31. The second-order valence-corrected chi connectivity index (χ2v) is 7.24. The molecule has 9 heteroatoms. The van der Waals surface area contributed by atoms with Crippen LogP contribution < -0.4 is 4.74 Å². The van der Waals surface area contributed by atoms with Gasteiger partial charge < -0.3 is 4.74 Å². The number of pyridine rings is 1. The van der Waals surface area contributed by atoms with Crippen LogP contribution in [-0.4, -0.2) is 32.7 Å². The molecule has 0 radical (unpaired) electrons. The van der Waals surface area contributed by atoms with Gasteiger partial charge in [0, 0.05) is 23.7 Å². The Balaban J connectivity index is 2.17. The first-order chi connectivity index (χ1) is 13.8. The van der Waals surface area contributed by atoms with Gasteiger partial charge in [0.25, 0.3) is 0 Å². The van der Waals surface area contributed by atoms with Gasteiger partial charge in [-0.1, -0.05) is 0 Å². The maximum absolute atomic E-state index is 13.2. The molecule has 6 nitrogen and oxygen atoms in total. The number of rotatable bonds is 3. The highest BCUT2D eigenvalue weighted by molar-refractivity contribution is 6.13. The first-order valence-corrected chi connectivity index (χ1v) is 9.08. The standard InChI is InChI=1S/C21H20F3N3O3/c1-9-7-14(12(4)17-16(9)11(3)10(2)13(5)26-17)18(28)15-8-25-27(6)19(15)30-20(29)21(22,23)24/h7-8H,1-6H3. The van der Waals surface area contributed by atoms with Gasteiger partial charge in [-0.3, -0.25) is 9.78 Å². The summed E-state index contributed by atoms with van der Waals surface area (Å²) in [5, 5.41) is 4.72. The van der Waals surface area contributed by atoms with Crippen molar-refractivity contribution in [1.82, 2.24) is 14.8 Å². The van der Waals surface area contributed by atoms with E-state index >= 15 is 0 Å². The van der Waals surface area contributed by atoms with Crippen LogP contribution in [0.4, 0.5) is 13.2 Å². The summed E-state index contributed by atoms with van der Waals surface area (Å²) < 4.78 is 43.2. The van der Waals surface area contributed by atoms with Crippen molar-refractivity contribution in [1.29, 1.82) is 0 Å². The Morgan fingerprint density at radius 2 is 1.63 bits per heavy atom. The van der Waals surface area contributed by atoms with Gasteiger partial charge in [-0.2, -0.15) is 18.3 Å². The van der Waals surface area contributed by atoms with Crippen LogP contribution >= 0.6 is 0 Å². The van der Waals surface area contributed by atoms with E-state index in [0.717, 1.165) is 38.6 Å². The van der Waals surface area contributed by atoms with Crippen molar-refractivity contribution in [2.24, 2.45) is 7.05 Å². The van der Waals surface area contributed by atoms with E-state index in [1.54, 1.807) is 13.0 Å². The van der Waals surface area contributed by atoms with Gasteiger partial charge in [-0.15, -0.1) is 0 Å². The van der Waals surface area contributed by atoms with E-state index in [1.807, 2.05) is 27.7 Å². The Kier molecular flexibility index (Phi) is 5.17. The summed E-state index contributed by atoms with van der Waals surface area (Å²) in [5.74, 6) is -3.59. The number of ketones is 1. The maximum atomic E-state index is 13.2. The molecule has 0 saturated heterocycles. The lowest BCUT2D eigenvalue weighted by Gasteiger charge is -2.16. The van der Waals surface area contributed by atoms with E-state index in [2.05, 4.69) is 14.8 Å². The van der Waals surface area contributed by atoms with E-state index in [4.69, 9.17) is 0 Å². The van der Waals surface area contributed by atoms with E-state index in [-0.39, 0.29) is 11.1 Å². The number of nitrogens with zero attached hydrogens (tertiary/aromatic N) is 3. The fourth-order valence-electron chi connectivity index (χ4n) is 3.45. The summed E-state index contributed by atoms with van der Waals surface area (Å²) in [6, 6.07) is 1.67. The third-order valence-electron chi connectivity index (χ3n) is 5.31. The van der Waals surface area contributed by atoms with Gasteiger partial charge in [0.1, 0.15) is 5.56 Å². The summed E-state index contributed by atoms with van der Waals surface area (Å²) in [7, 11) is 1.28. The molecule has 2 heterocycles. The van der Waals surface area contributed by atoms with Gasteiger partial charge in [-0.05, 0) is 62.9 Å². The van der Waals surface area contributed by atoms with Crippen molar-refractivity contribution >= 4 is 22.7 Å². The molecule has 0 fully saturated rings. The minimum Gasteiger partial charge on any atom is -0.400 e. The second kappa shape index (κ2) is 7.23. The number of carbonyl (C=O) groups is 2. The summed E-state index contributed by atoms with van der Waals surface area (Å²) in [6.45, 7) is 9.41. The Morgan fingerprint density at radius 3 is 2.23 bits per heavy atom. The number of fused-ring (bicyclic) bond motifs is 1. The minimum absolute atomic E-state index is 0.238. The van der Waals surface area contributed by atoms with Crippen molar-refractivity contribution < 1.29 is 27.5 Å². The molecule has 0 spiro atoms. The molecular formula is C21H20F3N3O3. The molecule has 0 saturated carbocycles. The molecule has 2 aromatic heterocycles. The number of esters is 1. The number of benzene rings is 1. The number of aromatic nitrogens is 3. The number of carbonyl (C=O) groups excluding carboxylic acids is 2. The average molecular weight is 419 g/mol. The molecule has 3 rings (SSSR count). The molecule has 30 heavy (non-hydrogen) atoms. The molecule has 0 aliphatic carbocycles. The number of aryl methyl sites for hydroxylation is 5. The van der Waals surface area contributed by atoms with Crippen molar-refractivity contribution in [2.45, 2.75) is 40.8 Å². The predicted molar refractivity (Wildman–Crippen MR) is 104 cm³/mol. The summed E-state index contributed by atoms with van der Waals surface area (Å²) in [4.78, 5) is 29.1. The maximum Gasteiger partial charge on any atom is 0.491 e. The van der Waals surface area contributed by atoms with Gasteiger partial charge >= 0.3 is 12.1 Å². The van der Waals surface area contributed by atoms with Crippen molar-refractivity contribution in [2.75, 3.05) is 0 Å². The van der Waals surface area contributed by atoms with Crippen LogP contribution in [0, 0.1) is 34.6 Å². The molecule has 0 amide bonds. The zero-order valence-electron chi connectivity index (χ0n) is 17.4. The van der Waals surface area contributed by atoms with Crippen LogP contribution in [0.3, 0.4) is 0 Å². The monoisotopic (exact) mass is 419 g/mol. The van der Waals surface area contributed by atoms with Crippen LogP contribution in [0.15, 0.2) is 12.3 Å². The smallest absolute Gasteiger partial charge is 0.400 e. The second-order valence-electron chi connectivity index (χ2n) is 7.24. The molecule has 0 atom stereocenters. The van der Waals surface area contributed by atoms with Crippen molar-refractivity contribution in [3.05, 3.63) is 51.3 Å². The average Bonchev–Trinajstić information content (AvgIpc) is 3.01. The highest BCUT2D eigenvalue weighted by Crippen LogP contribution is 2.32. The lowest BCUT2D eigenvalue weighted by Crippen LogP contribution is -2.29. The molecule has 0 aliphatic heterocycles. The fraction of sp³-hybridized carbons (Fsp3) is 0.333. The van der Waals surface area contributed by atoms with Gasteiger partial charge in [-0.25, -0.2) is 9.48 Å². The molecule has 0 aliphatic rings. The first kappa shape index (κ1) is 21.5. The van der Waals surface area contributed by atoms with Crippen LogP contribution in [0.5, 0.6) is 5.88 Å². The molecule has 3 aromatic rings. The largest absolute Gasteiger partial charge is 0.491 e. The number of ether oxygens (including phenoxy) is 1. The number of hydrogen-bond acceptors (Lipinski definition) is 5. The van der Waals surface area contributed by atoms with Crippen molar-refractivity contribution in [3.63, 3.8) is 0 Å². The number of alkyl halides is 3. The lowest BCUT2D eigenvalue weighted by molar-refractivity contribution is -0.190. The fourth-order valence-corrected chi connectivity index (χ4v) is 3.45. The molecule has 0 unspecified atom stereocenters. The molecule has 1 aromatic carbocycles. The highest BCUT2D eigenvalue weighted by atomic mass is 19.4. The highest BCUT2D eigenvalue weighted by Gasteiger charge is 2.42. The number of hydrogen-bond donors (Lipinski definition) is 0. The van der Waals surface area contributed by atoms with E-state index in [9.17, 15) is 22.8 Å². The van der Waals surface area contributed by atoms with E-state index < -0.39 is 23.8 Å². The van der Waals surface area contributed by atoms with Gasteiger partial charge in [0.2, 0.25) is 5.88 Å². The zero-order chi connectivity index (χ0) is 22.5. The zero-order valence-corrected chi connectivity index (χ0v) is 17.4. The Bertz CT molecular complexity index is 1210. The van der Waals surface area contributed by atoms with E-state index in [1.165, 1.54) is 7.05 Å². The SMILES string of the molecule is Cc1nc2c(C)c(C(=O)c3cnn(C)c3OC(=O)C(F)(F)F)cc(C)c2c(C)c1C. The molecule has 158 valence electrons. The van der Waals surface area contributed by atoms with Gasteiger partial charge in [0.05, 0.1) is 11.7 Å². The van der Waals surface area contributed by atoms with Crippen LogP contribution in [0.2, 0.25) is 0 Å². The molecular weight excluding hydrogens is 399 g/mol. The minimum atomic E-state index is -5.20.